The van der Waals surface area contributed by atoms with E-state index in [1.807, 2.05) is 29.2 Å². The summed E-state index contributed by atoms with van der Waals surface area (Å²) in [5.41, 5.74) is 0.946. The molecule has 0 amide bonds. The van der Waals surface area contributed by atoms with Crippen molar-refractivity contribution in [3.05, 3.63) is 46.8 Å². The van der Waals surface area contributed by atoms with Gasteiger partial charge in [-0.1, -0.05) is 24.9 Å². The fourth-order valence-electron chi connectivity index (χ4n) is 2.00. The quantitative estimate of drug-likeness (QED) is 0.783. The van der Waals surface area contributed by atoms with Gasteiger partial charge in [0.05, 0.1) is 5.69 Å². The van der Waals surface area contributed by atoms with E-state index in [-0.39, 0.29) is 5.57 Å². The van der Waals surface area contributed by atoms with Crippen molar-refractivity contribution in [3.63, 3.8) is 0 Å². The Morgan fingerprint density at radius 3 is 2.81 bits per heavy atom. The zero-order valence-electron chi connectivity index (χ0n) is 11.6. The molecule has 4 nitrogen and oxygen atoms in total. The number of nitriles is 2. The number of nitrogens with zero attached hydrogens (tertiary/aromatic N) is 3. The third-order valence-electron chi connectivity index (χ3n) is 3.06. The van der Waals surface area contributed by atoms with Gasteiger partial charge in [-0.2, -0.15) is 10.5 Å². The van der Waals surface area contributed by atoms with Gasteiger partial charge in [0.2, 0.25) is 5.88 Å². The zero-order valence-corrected chi connectivity index (χ0v) is 12.4. The first-order valence-corrected chi connectivity index (χ1v) is 7.04. The van der Waals surface area contributed by atoms with Crippen LogP contribution in [0.4, 0.5) is 5.69 Å². The molecule has 0 radical (unpaired) electrons. The molecule has 0 fully saturated rings. The number of benzene rings is 1. The summed E-state index contributed by atoms with van der Waals surface area (Å²) in [7, 11) is 0. The first kappa shape index (κ1) is 15.0. The normalized spacial score (nSPS) is 14.1. The number of anilines is 1. The smallest absolute Gasteiger partial charge is 0.200 e. The van der Waals surface area contributed by atoms with E-state index in [0.29, 0.717) is 10.9 Å². The molecular formula is C16H14ClN3O. The molecule has 1 aromatic rings. The predicted molar refractivity (Wildman–Crippen MR) is 81.7 cm³/mol. The SMILES string of the molecule is CCCCN1/C(=C/C=C(C#N)C#N)Oc2ccc(Cl)cc21. The predicted octanol–water partition coefficient (Wildman–Crippen LogP) is 4.15. The van der Waals surface area contributed by atoms with Crippen molar-refractivity contribution in [1.29, 1.82) is 10.5 Å². The highest BCUT2D eigenvalue weighted by Gasteiger charge is 2.25. The van der Waals surface area contributed by atoms with Crippen molar-refractivity contribution in [2.24, 2.45) is 0 Å². The molecule has 0 unspecified atom stereocenters. The van der Waals surface area contributed by atoms with Crippen molar-refractivity contribution >= 4 is 17.3 Å². The Morgan fingerprint density at radius 2 is 2.14 bits per heavy atom. The van der Waals surface area contributed by atoms with Gasteiger partial charge in [-0.15, -0.1) is 0 Å². The lowest BCUT2D eigenvalue weighted by Crippen LogP contribution is -2.21. The molecule has 1 heterocycles. The van der Waals surface area contributed by atoms with Gasteiger partial charge in [0.25, 0.3) is 0 Å². The Balaban J connectivity index is 2.35. The Kier molecular flexibility index (Phi) is 4.87. The monoisotopic (exact) mass is 299 g/mol. The van der Waals surface area contributed by atoms with Crippen LogP contribution < -0.4 is 9.64 Å². The van der Waals surface area contributed by atoms with Crippen LogP contribution in [-0.2, 0) is 0 Å². The van der Waals surface area contributed by atoms with E-state index in [1.165, 1.54) is 6.08 Å². The molecule has 0 aliphatic carbocycles. The first-order chi connectivity index (χ1) is 10.2. The number of fused-ring (bicyclic) bond motifs is 1. The van der Waals surface area contributed by atoms with Crippen LogP contribution in [0.3, 0.4) is 0 Å². The molecule has 0 aromatic heterocycles. The third-order valence-corrected chi connectivity index (χ3v) is 3.30. The van der Waals surface area contributed by atoms with Crippen LogP contribution in [0.1, 0.15) is 19.8 Å². The van der Waals surface area contributed by atoms with E-state index in [1.54, 1.807) is 12.1 Å². The van der Waals surface area contributed by atoms with Gasteiger partial charge in [0, 0.05) is 17.6 Å². The van der Waals surface area contributed by atoms with Gasteiger partial charge < -0.3 is 9.64 Å². The van der Waals surface area contributed by atoms with E-state index in [9.17, 15) is 0 Å². The van der Waals surface area contributed by atoms with Crippen molar-refractivity contribution in [2.75, 3.05) is 11.4 Å². The summed E-state index contributed by atoms with van der Waals surface area (Å²) in [6.45, 7) is 2.90. The highest BCUT2D eigenvalue weighted by atomic mass is 35.5. The summed E-state index contributed by atoms with van der Waals surface area (Å²) in [5, 5.41) is 18.2. The van der Waals surface area contributed by atoms with Crippen LogP contribution in [0.2, 0.25) is 5.02 Å². The van der Waals surface area contributed by atoms with Gasteiger partial charge in [-0.05, 0) is 30.7 Å². The van der Waals surface area contributed by atoms with Gasteiger partial charge in [0.15, 0.2) is 5.75 Å². The number of ether oxygens (including phenoxy) is 1. The number of hydrogen-bond donors (Lipinski definition) is 0. The molecule has 0 atom stereocenters. The number of hydrogen-bond acceptors (Lipinski definition) is 4. The molecule has 106 valence electrons. The molecule has 0 N–H and O–H groups in total. The second kappa shape index (κ2) is 6.83. The fourth-order valence-corrected chi connectivity index (χ4v) is 2.17. The average Bonchev–Trinajstić information content (AvgIpc) is 2.83. The summed E-state index contributed by atoms with van der Waals surface area (Å²) in [6.07, 6.45) is 5.16. The molecule has 21 heavy (non-hydrogen) atoms. The van der Waals surface area contributed by atoms with Gasteiger partial charge in [-0.3, -0.25) is 0 Å². The molecule has 0 spiro atoms. The van der Waals surface area contributed by atoms with Crippen molar-refractivity contribution in [3.8, 4) is 17.9 Å². The summed E-state index contributed by atoms with van der Waals surface area (Å²) < 4.78 is 5.78. The molecule has 0 bridgehead atoms. The Bertz CT molecular complexity index is 664. The molecule has 2 rings (SSSR count). The van der Waals surface area contributed by atoms with E-state index in [4.69, 9.17) is 26.9 Å². The number of allylic oxidation sites excluding steroid dienone is 3. The molecule has 0 saturated carbocycles. The van der Waals surface area contributed by atoms with Crippen molar-refractivity contribution in [1.82, 2.24) is 0 Å². The minimum atomic E-state index is 0.0375. The molecule has 0 saturated heterocycles. The van der Waals surface area contributed by atoms with Crippen LogP contribution in [0.5, 0.6) is 5.75 Å². The second-order valence-electron chi connectivity index (χ2n) is 4.53. The molecule has 1 aromatic carbocycles. The van der Waals surface area contributed by atoms with Crippen LogP contribution in [0.25, 0.3) is 0 Å². The highest BCUT2D eigenvalue weighted by Crippen LogP contribution is 2.40. The van der Waals surface area contributed by atoms with E-state index in [2.05, 4.69) is 6.92 Å². The van der Waals surface area contributed by atoms with E-state index >= 15 is 0 Å². The maximum atomic E-state index is 8.78. The minimum Gasteiger partial charge on any atom is -0.439 e. The highest BCUT2D eigenvalue weighted by molar-refractivity contribution is 6.31. The molecule has 1 aliphatic heterocycles. The lowest BCUT2D eigenvalue weighted by atomic mass is 10.2. The maximum absolute atomic E-state index is 8.78. The number of rotatable bonds is 4. The van der Waals surface area contributed by atoms with Crippen LogP contribution in [-0.4, -0.2) is 6.54 Å². The first-order valence-electron chi connectivity index (χ1n) is 6.66. The summed E-state index contributed by atoms with van der Waals surface area (Å²) >= 11 is 6.04. The third kappa shape index (κ3) is 3.37. The summed E-state index contributed by atoms with van der Waals surface area (Å²) in [4.78, 5) is 2.01. The van der Waals surface area contributed by atoms with E-state index < -0.39 is 0 Å². The minimum absolute atomic E-state index is 0.0375. The lowest BCUT2D eigenvalue weighted by Gasteiger charge is -2.17. The molecular weight excluding hydrogens is 286 g/mol. The van der Waals surface area contributed by atoms with Gasteiger partial charge in [-0.25, -0.2) is 0 Å². The number of unbranched alkanes of at least 4 members (excludes halogenated alkanes) is 1. The topological polar surface area (TPSA) is 60.0 Å². The Labute approximate surface area is 129 Å². The summed E-state index contributed by atoms with van der Waals surface area (Å²) in [6, 6.07) is 9.09. The van der Waals surface area contributed by atoms with Gasteiger partial charge in [0.1, 0.15) is 17.7 Å². The lowest BCUT2D eigenvalue weighted by molar-refractivity contribution is 0.437. The Morgan fingerprint density at radius 1 is 1.38 bits per heavy atom. The molecule has 5 heteroatoms. The largest absolute Gasteiger partial charge is 0.439 e. The zero-order chi connectivity index (χ0) is 15.2. The van der Waals surface area contributed by atoms with Crippen molar-refractivity contribution in [2.45, 2.75) is 19.8 Å². The fraction of sp³-hybridized carbons (Fsp3) is 0.250. The number of halogens is 1. The molecule has 1 aliphatic rings. The summed E-state index contributed by atoms with van der Waals surface area (Å²) in [5.74, 6) is 1.33. The van der Waals surface area contributed by atoms with Crippen LogP contribution in [0.15, 0.2) is 41.8 Å². The standard InChI is InChI=1S/C16H14ClN3O/c1-2-3-8-20-14-9-13(17)5-6-15(14)21-16(20)7-4-12(10-18)11-19/h4-7,9H,2-3,8H2,1H3/b16-7-. The average molecular weight is 300 g/mol. The van der Waals surface area contributed by atoms with Crippen molar-refractivity contribution < 1.29 is 4.74 Å². The Hall–Kier alpha value is -2.43. The van der Waals surface area contributed by atoms with Gasteiger partial charge >= 0.3 is 0 Å². The second-order valence-corrected chi connectivity index (χ2v) is 4.96. The van der Waals surface area contributed by atoms with E-state index in [0.717, 1.165) is 30.8 Å². The van der Waals surface area contributed by atoms with Crippen LogP contribution in [0, 0.1) is 22.7 Å². The maximum Gasteiger partial charge on any atom is 0.200 e. The van der Waals surface area contributed by atoms with Crippen LogP contribution >= 0.6 is 11.6 Å².